The zero-order chi connectivity index (χ0) is 10.1. The van der Waals surface area contributed by atoms with Crippen molar-refractivity contribution in [3.8, 4) is 0 Å². The molecule has 1 aromatic heterocycles. The first-order valence-electron chi connectivity index (χ1n) is 3.00. The number of rotatable bonds is 2. The Kier molecular flexibility index (Phi) is 2.62. The number of hydrogen-bond donors (Lipinski definition) is 0. The van der Waals surface area contributed by atoms with E-state index in [0.717, 1.165) is 6.20 Å². The molecule has 0 radical (unpaired) electrons. The lowest BCUT2D eigenvalue weighted by molar-refractivity contribution is -0.106. The molecule has 0 bridgehead atoms. The van der Waals surface area contributed by atoms with E-state index >= 15 is 0 Å². The van der Waals surface area contributed by atoms with Crippen LogP contribution in [0.3, 0.4) is 0 Å². The van der Waals surface area contributed by atoms with E-state index in [-0.39, 0.29) is 0 Å². The Labute approximate surface area is 76.1 Å². The molecule has 13 heavy (non-hydrogen) atoms. The minimum Gasteiger partial charge on any atom is -0.234 e. The second-order valence-corrected chi connectivity index (χ2v) is 5.23. The van der Waals surface area contributed by atoms with Gasteiger partial charge in [-0.05, 0) is 0 Å². The SMILES string of the molecule is O=S(=O)(CC(F)(F)F)c1nccs1. The molecular weight excluding hydrogens is 227 g/mol. The Morgan fingerprint density at radius 1 is 1.46 bits per heavy atom. The Morgan fingerprint density at radius 2 is 2.08 bits per heavy atom. The highest BCUT2D eigenvalue weighted by Crippen LogP contribution is 2.23. The van der Waals surface area contributed by atoms with E-state index in [1.54, 1.807) is 0 Å². The maximum atomic E-state index is 11.7. The van der Waals surface area contributed by atoms with Gasteiger partial charge in [-0.3, -0.25) is 0 Å². The van der Waals surface area contributed by atoms with Gasteiger partial charge in [0.1, 0.15) is 0 Å². The summed E-state index contributed by atoms with van der Waals surface area (Å²) in [4.78, 5) is 3.30. The summed E-state index contributed by atoms with van der Waals surface area (Å²) in [6, 6.07) is 0. The summed E-state index contributed by atoms with van der Waals surface area (Å²) in [7, 11) is -4.29. The molecule has 0 atom stereocenters. The van der Waals surface area contributed by atoms with Crippen LogP contribution in [0.15, 0.2) is 15.9 Å². The van der Waals surface area contributed by atoms with E-state index in [1.165, 1.54) is 5.38 Å². The van der Waals surface area contributed by atoms with Crippen LogP contribution in [-0.4, -0.2) is 25.3 Å². The highest BCUT2D eigenvalue weighted by molar-refractivity contribution is 7.93. The normalized spacial score (nSPS) is 13.2. The second-order valence-electron chi connectivity index (χ2n) is 2.17. The fourth-order valence-corrected chi connectivity index (χ4v) is 2.71. The van der Waals surface area contributed by atoms with Crippen LogP contribution in [-0.2, 0) is 9.84 Å². The lowest BCUT2D eigenvalue weighted by Gasteiger charge is -2.04. The van der Waals surface area contributed by atoms with E-state index < -0.39 is 26.1 Å². The third-order valence-corrected chi connectivity index (χ3v) is 3.99. The summed E-state index contributed by atoms with van der Waals surface area (Å²) in [6.45, 7) is 0. The molecule has 3 nitrogen and oxygen atoms in total. The number of alkyl halides is 3. The number of aromatic nitrogens is 1. The molecule has 8 heteroatoms. The fourth-order valence-electron chi connectivity index (χ4n) is 0.641. The Hall–Kier alpha value is -0.630. The summed E-state index contributed by atoms with van der Waals surface area (Å²) in [5.41, 5.74) is 0. The summed E-state index contributed by atoms with van der Waals surface area (Å²) >= 11 is 0.671. The molecule has 0 aromatic carbocycles. The number of thiazole rings is 1. The molecule has 0 saturated carbocycles. The van der Waals surface area contributed by atoms with E-state index in [0.29, 0.717) is 11.3 Å². The van der Waals surface area contributed by atoms with Crippen molar-refractivity contribution in [2.24, 2.45) is 0 Å². The highest BCUT2D eigenvalue weighted by Gasteiger charge is 2.37. The van der Waals surface area contributed by atoms with E-state index in [2.05, 4.69) is 4.98 Å². The molecule has 1 rings (SSSR count). The average molecular weight is 231 g/mol. The molecule has 0 aliphatic rings. The van der Waals surface area contributed by atoms with Gasteiger partial charge in [0.25, 0.3) is 0 Å². The van der Waals surface area contributed by atoms with E-state index in [1.807, 2.05) is 0 Å². The van der Waals surface area contributed by atoms with Gasteiger partial charge in [-0.15, -0.1) is 11.3 Å². The van der Waals surface area contributed by atoms with Gasteiger partial charge in [-0.25, -0.2) is 13.4 Å². The maximum absolute atomic E-state index is 11.7. The molecular formula is C5H4F3NO2S2. The number of hydrogen-bond acceptors (Lipinski definition) is 4. The lowest BCUT2D eigenvalue weighted by Crippen LogP contribution is -2.22. The van der Waals surface area contributed by atoms with Gasteiger partial charge in [0.05, 0.1) is 0 Å². The molecule has 0 aliphatic heterocycles. The van der Waals surface area contributed by atoms with Crippen molar-refractivity contribution in [3.63, 3.8) is 0 Å². The van der Waals surface area contributed by atoms with Crippen LogP contribution in [0, 0.1) is 0 Å². The first-order chi connectivity index (χ1) is 5.81. The standard InChI is InChI=1S/C5H4F3NO2S2/c6-5(7,8)3-13(10,11)4-9-1-2-12-4/h1-2H,3H2. The molecule has 74 valence electrons. The van der Waals surface area contributed by atoms with Crippen molar-refractivity contribution < 1.29 is 21.6 Å². The minimum absolute atomic E-state index is 0.496. The Balaban J connectivity index is 2.93. The van der Waals surface area contributed by atoms with Crippen molar-refractivity contribution in [1.29, 1.82) is 0 Å². The van der Waals surface area contributed by atoms with Crippen LogP contribution in [0.2, 0.25) is 0 Å². The van der Waals surface area contributed by atoms with Crippen LogP contribution in [0.25, 0.3) is 0 Å². The summed E-state index contributed by atoms with van der Waals surface area (Å²) < 4.78 is 56.6. The predicted molar refractivity (Wildman–Crippen MR) is 40.2 cm³/mol. The molecule has 0 fully saturated rings. The van der Waals surface area contributed by atoms with Crippen molar-refractivity contribution in [2.75, 3.05) is 5.75 Å². The van der Waals surface area contributed by atoms with Gasteiger partial charge in [-0.2, -0.15) is 13.2 Å². The zero-order valence-electron chi connectivity index (χ0n) is 6.08. The van der Waals surface area contributed by atoms with E-state index in [9.17, 15) is 21.6 Å². The van der Waals surface area contributed by atoms with Crippen LogP contribution in [0.1, 0.15) is 0 Å². The van der Waals surface area contributed by atoms with Gasteiger partial charge < -0.3 is 0 Å². The third kappa shape index (κ3) is 2.96. The Morgan fingerprint density at radius 3 is 2.46 bits per heavy atom. The molecule has 0 amide bonds. The van der Waals surface area contributed by atoms with Gasteiger partial charge in [0.15, 0.2) is 5.75 Å². The maximum Gasteiger partial charge on any atom is 0.403 e. The molecule has 0 aliphatic carbocycles. The number of nitrogens with zero attached hydrogens (tertiary/aromatic N) is 1. The first-order valence-corrected chi connectivity index (χ1v) is 5.53. The summed E-state index contributed by atoms with van der Waals surface area (Å²) in [5, 5.41) is 1.31. The quantitative estimate of drug-likeness (QED) is 0.774. The smallest absolute Gasteiger partial charge is 0.234 e. The summed E-state index contributed by atoms with van der Waals surface area (Å²) in [5.74, 6) is -1.85. The molecule has 0 N–H and O–H groups in total. The molecule has 0 spiro atoms. The number of halogens is 3. The lowest BCUT2D eigenvalue weighted by atomic mass is 10.8. The van der Waals surface area contributed by atoms with Crippen molar-refractivity contribution in [2.45, 2.75) is 10.5 Å². The molecule has 1 heterocycles. The largest absolute Gasteiger partial charge is 0.403 e. The molecule has 0 saturated heterocycles. The van der Waals surface area contributed by atoms with Crippen LogP contribution in [0.5, 0.6) is 0 Å². The van der Waals surface area contributed by atoms with Gasteiger partial charge >= 0.3 is 6.18 Å². The van der Waals surface area contributed by atoms with E-state index in [4.69, 9.17) is 0 Å². The predicted octanol–water partition coefficient (Wildman–Crippen LogP) is 1.48. The first kappa shape index (κ1) is 10.5. The van der Waals surface area contributed by atoms with Crippen LogP contribution in [0.4, 0.5) is 13.2 Å². The van der Waals surface area contributed by atoms with Crippen molar-refractivity contribution in [3.05, 3.63) is 11.6 Å². The Bertz CT molecular complexity index is 367. The van der Waals surface area contributed by atoms with Gasteiger partial charge in [-0.1, -0.05) is 0 Å². The van der Waals surface area contributed by atoms with Crippen molar-refractivity contribution >= 4 is 21.2 Å². The molecule has 1 aromatic rings. The van der Waals surface area contributed by atoms with Crippen LogP contribution >= 0.6 is 11.3 Å². The average Bonchev–Trinajstić information content (AvgIpc) is 2.29. The zero-order valence-corrected chi connectivity index (χ0v) is 7.71. The summed E-state index contributed by atoms with van der Waals surface area (Å²) in [6.07, 6.45) is -3.57. The third-order valence-electron chi connectivity index (χ3n) is 1.03. The minimum atomic E-state index is -4.72. The second kappa shape index (κ2) is 3.26. The highest BCUT2D eigenvalue weighted by atomic mass is 32.2. The van der Waals surface area contributed by atoms with Crippen molar-refractivity contribution in [1.82, 2.24) is 4.98 Å². The van der Waals surface area contributed by atoms with Crippen LogP contribution < -0.4 is 0 Å². The molecule has 0 unspecified atom stereocenters. The van der Waals surface area contributed by atoms with Gasteiger partial charge in [0, 0.05) is 11.6 Å². The van der Waals surface area contributed by atoms with Gasteiger partial charge in [0.2, 0.25) is 14.2 Å². The topological polar surface area (TPSA) is 47.0 Å². The monoisotopic (exact) mass is 231 g/mol. The number of sulfone groups is 1. The fraction of sp³-hybridized carbons (Fsp3) is 0.400.